The fourth-order valence-electron chi connectivity index (χ4n) is 4.97. The number of hydrazine groups is 1. The number of amides is 1. The van der Waals surface area contributed by atoms with Crippen LogP contribution in [0.1, 0.15) is 50.0 Å². The lowest BCUT2D eigenvalue weighted by atomic mass is 9.87. The summed E-state index contributed by atoms with van der Waals surface area (Å²) in [6.07, 6.45) is 7.07. The van der Waals surface area contributed by atoms with Gasteiger partial charge in [-0.2, -0.15) is 0 Å². The first-order valence-electron chi connectivity index (χ1n) is 10.5. The smallest absolute Gasteiger partial charge is 0.237 e. The van der Waals surface area contributed by atoms with Crippen molar-refractivity contribution in [2.24, 2.45) is 0 Å². The van der Waals surface area contributed by atoms with E-state index in [0.717, 1.165) is 44.6 Å². The Morgan fingerprint density at radius 1 is 1.04 bits per heavy atom. The quantitative estimate of drug-likeness (QED) is 0.849. The highest BCUT2D eigenvalue weighted by Crippen LogP contribution is 2.31. The van der Waals surface area contributed by atoms with E-state index in [1.54, 1.807) is 0 Å². The van der Waals surface area contributed by atoms with E-state index in [1.807, 2.05) is 12.1 Å². The fourth-order valence-corrected chi connectivity index (χ4v) is 4.97. The summed E-state index contributed by atoms with van der Waals surface area (Å²) in [6, 6.07) is 7.18. The fraction of sp³-hybridized carbons (Fsp3) is 0.667. The predicted molar refractivity (Wildman–Crippen MR) is 104 cm³/mol. The molecule has 3 aliphatic rings. The molecule has 3 unspecified atom stereocenters. The SMILES string of the molecule is O=C(CN1CCCCCC1)N1CCCC1C1NNCC1c1ccc(F)cc1. The Balaban J connectivity index is 1.43. The molecule has 0 aliphatic carbocycles. The summed E-state index contributed by atoms with van der Waals surface area (Å²) in [7, 11) is 0. The van der Waals surface area contributed by atoms with Crippen LogP contribution in [0.15, 0.2) is 24.3 Å². The van der Waals surface area contributed by atoms with Gasteiger partial charge in [0.15, 0.2) is 0 Å². The van der Waals surface area contributed by atoms with Gasteiger partial charge in [0.2, 0.25) is 5.91 Å². The van der Waals surface area contributed by atoms with E-state index in [1.165, 1.54) is 37.8 Å². The lowest BCUT2D eigenvalue weighted by Crippen LogP contribution is -2.52. The number of benzene rings is 1. The number of hydrogen-bond donors (Lipinski definition) is 2. The van der Waals surface area contributed by atoms with Crippen molar-refractivity contribution in [3.8, 4) is 0 Å². The third-order valence-corrected chi connectivity index (χ3v) is 6.41. The number of nitrogens with zero attached hydrogens (tertiary/aromatic N) is 2. The molecule has 3 aliphatic heterocycles. The molecule has 3 fully saturated rings. The topological polar surface area (TPSA) is 47.6 Å². The van der Waals surface area contributed by atoms with E-state index in [2.05, 4.69) is 20.7 Å². The zero-order chi connectivity index (χ0) is 18.6. The minimum absolute atomic E-state index is 0.172. The average molecular weight is 375 g/mol. The predicted octanol–water partition coefficient (Wildman–Crippen LogP) is 2.25. The number of carbonyl (C=O) groups excluding carboxylic acids is 1. The van der Waals surface area contributed by atoms with E-state index in [-0.39, 0.29) is 29.7 Å². The standard InChI is InChI=1S/C21H31FN4O/c22-17-9-7-16(8-10-17)18-14-23-24-21(18)19-6-5-13-26(19)20(27)15-25-11-3-1-2-4-12-25/h7-10,18-19,21,23-24H,1-6,11-15H2. The molecule has 0 aromatic heterocycles. The summed E-state index contributed by atoms with van der Waals surface area (Å²) in [6.45, 7) is 4.31. The molecule has 1 aromatic carbocycles. The summed E-state index contributed by atoms with van der Waals surface area (Å²) in [5.41, 5.74) is 7.81. The van der Waals surface area contributed by atoms with Gasteiger partial charge in [0.1, 0.15) is 5.82 Å². The molecule has 3 atom stereocenters. The molecule has 2 N–H and O–H groups in total. The molecular formula is C21H31FN4O. The van der Waals surface area contributed by atoms with Crippen LogP contribution >= 0.6 is 0 Å². The lowest BCUT2D eigenvalue weighted by molar-refractivity contribution is -0.133. The number of halogens is 1. The lowest BCUT2D eigenvalue weighted by Gasteiger charge is -2.34. The third kappa shape index (κ3) is 4.33. The van der Waals surface area contributed by atoms with Crippen LogP contribution in [0.5, 0.6) is 0 Å². The molecule has 0 spiro atoms. The number of nitrogens with one attached hydrogen (secondary N) is 2. The second-order valence-electron chi connectivity index (χ2n) is 8.20. The molecular weight excluding hydrogens is 343 g/mol. The van der Waals surface area contributed by atoms with Crippen molar-refractivity contribution < 1.29 is 9.18 Å². The van der Waals surface area contributed by atoms with Crippen LogP contribution in [0.3, 0.4) is 0 Å². The van der Waals surface area contributed by atoms with Crippen molar-refractivity contribution in [3.63, 3.8) is 0 Å². The maximum atomic E-state index is 13.3. The van der Waals surface area contributed by atoms with Gasteiger partial charge in [0.05, 0.1) is 6.54 Å². The Kier molecular flexibility index (Phi) is 6.05. The molecule has 3 saturated heterocycles. The molecule has 3 heterocycles. The van der Waals surface area contributed by atoms with Gasteiger partial charge in [-0.15, -0.1) is 0 Å². The van der Waals surface area contributed by atoms with Gasteiger partial charge in [-0.3, -0.25) is 20.5 Å². The van der Waals surface area contributed by atoms with Crippen molar-refractivity contribution in [1.82, 2.24) is 20.7 Å². The number of rotatable bonds is 4. The highest BCUT2D eigenvalue weighted by Gasteiger charge is 2.41. The van der Waals surface area contributed by atoms with E-state index in [9.17, 15) is 9.18 Å². The summed E-state index contributed by atoms with van der Waals surface area (Å²) in [5, 5.41) is 0. The van der Waals surface area contributed by atoms with Crippen LogP contribution in [-0.2, 0) is 4.79 Å². The summed E-state index contributed by atoms with van der Waals surface area (Å²) >= 11 is 0. The van der Waals surface area contributed by atoms with Crippen molar-refractivity contribution in [1.29, 1.82) is 0 Å². The number of carbonyl (C=O) groups is 1. The first-order chi connectivity index (χ1) is 13.2. The maximum absolute atomic E-state index is 13.3. The summed E-state index contributed by atoms with van der Waals surface area (Å²) in [4.78, 5) is 17.5. The maximum Gasteiger partial charge on any atom is 0.237 e. The first kappa shape index (κ1) is 18.8. The van der Waals surface area contributed by atoms with Gasteiger partial charge in [0, 0.05) is 31.1 Å². The molecule has 148 valence electrons. The average Bonchev–Trinajstić information content (AvgIpc) is 3.27. The Morgan fingerprint density at radius 2 is 1.78 bits per heavy atom. The minimum atomic E-state index is -0.204. The molecule has 0 bridgehead atoms. The molecule has 27 heavy (non-hydrogen) atoms. The van der Waals surface area contributed by atoms with Gasteiger partial charge in [0.25, 0.3) is 0 Å². The molecule has 5 nitrogen and oxygen atoms in total. The van der Waals surface area contributed by atoms with Crippen LogP contribution in [0.2, 0.25) is 0 Å². The van der Waals surface area contributed by atoms with Crippen molar-refractivity contribution >= 4 is 5.91 Å². The van der Waals surface area contributed by atoms with Crippen molar-refractivity contribution in [3.05, 3.63) is 35.6 Å². The largest absolute Gasteiger partial charge is 0.337 e. The molecule has 0 radical (unpaired) electrons. The highest BCUT2D eigenvalue weighted by molar-refractivity contribution is 5.79. The number of likely N-dealkylation sites (tertiary alicyclic amines) is 2. The second-order valence-corrected chi connectivity index (χ2v) is 8.20. The van der Waals surface area contributed by atoms with Crippen LogP contribution in [-0.4, -0.2) is 60.5 Å². The van der Waals surface area contributed by atoms with Crippen molar-refractivity contribution in [2.75, 3.05) is 32.7 Å². The Hall–Kier alpha value is -1.50. The van der Waals surface area contributed by atoms with Gasteiger partial charge in [-0.05, 0) is 56.5 Å². The second kappa shape index (κ2) is 8.67. The monoisotopic (exact) mass is 374 g/mol. The number of hydrogen-bond acceptors (Lipinski definition) is 4. The molecule has 0 saturated carbocycles. The molecule has 4 rings (SSSR count). The van der Waals surface area contributed by atoms with E-state index in [4.69, 9.17) is 0 Å². The van der Waals surface area contributed by atoms with Gasteiger partial charge >= 0.3 is 0 Å². The van der Waals surface area contributed by atoms with Crippen LogP contribution < -0.4 is 10.9 Å². The first-order valence-corrected chi connectivity index (χ1v) is 10.5. The van der Waals surface area contributed by atoms with Crippen LogP contribution in [0.4, 0.5) is 4.39 Å². The van der Waals surface area contributed by atoms with E-state index >= 15 is 0 Å². The normalized spacial score (nSPS) is 29.8. The van der Waals surface area contributed by atoms with Crippen LogP contribution in [0, 0.1) is 5.82 Å². The highest BCUT2D eigenvalue weighted by atomic mass is 19.1. The molecule has 6 heteroatoms. The van der Waals surface area contributed by atoms with Gasteiger partial charge < -0.3 is 4.90 Å². The summed E-state index contributed by atoms with van der Waals surface area (Å²) < 4.78 is 13.3. The summed E-state index contributed by atoms with van der Waals surface area (Å²) in [5.74, 6) is 0.317. The Bertz CT molecular complexity index is 630. The minimum Gasteiger partial charge on any atom is -0.337 e. The zero-order valence-corrected chi connectivity index (χ0v) is 16.0. The van der Waals surface area contributed by atoms with Gasteiger partial charge in [-0.1, -0.05) is 25.0 Å². The van der Waals surface area contributed by atoms with E-state index < -0.39 is 0 Å². The van der Waals surface area contributed by atoms with Crippen molar-refractivity contribution in [2.45, 2.75) is 56.5 Å². The molecule has 1 aromatic rings. The Morgan fingerprint density at radius 3 is 2.52 bits per heavy atom. The zero-order valence-electron chi connectivity index (χ0n) is 16.0. The van der Waals surface area contributed by atoms with Gasteiger partial charge in [-0.25, -0.2) is 4.39 Å². The Labute approximate surface area is 161 Å². The van der Waals surface area contributed by atoms with E-state index in [0.29, 0.717) is 6.54 Å². The third-order valence-electron chi connectivity index (χ3n) is 6.41. The molecule has 1 amide bonds. The van der Waals surface area contributed by atoms with Crippen LogP contribution in [0.25, 0.3) is 0 Å².